The number of hydrogen-bond acceptors (Lipinski definition) is 2. The summed E-state index contributed by atoms with van der Waals surface area (Å²) >= 11 is 5.39. The highest BCUT2D eigenvalue weighted by atomic mass is 35.5. The van der Waals surface area contributed by atoms with Crippen molar-refractivity contribution in [3.63, 3.8) is 0 Å². The van der Waals surface area contributed by atoms with Gasteiger partial charge in [-0.25, -0.2) is 0 Å². The van der Waals surface area contributed by atoms with Crippen LogP contribution in [0.4, 0.5) is 0 Å². The molecule has 1 rings (SSSR count). The van der Waals surface area contributed by atoms with Gasteiger partial charge in [-0.3, -0.25) is 4.79 Å². The Labute approximate surface area is 95.2 Å². The lowest BCUT2D eigenvalue weighted by atomic mass is 10.0. The van der Waals surface area contributed by atoms with Crippen molar-refractivity contribution in [3.05, 3.63) is 28.8 Å². The van der Waals surface area contributed by atoms with E-state index in [1.807, 2.05) is 26.0 Å². The minimum atomic E-state index is -0.410. The van der Waals surface area contributed by atoms with Crippen molar-refractivity contribution < 1.29 is 9.53 Å². The molecule has 0 fully saturated rings. The number of hydrogen-bond donors (Lipinski definition) is 0. The molecule has 3 heteroatoms. The van der Waals surface area contributed by atoms with E-state index in [1.165, 1.54) is 5.56 Å². The number of ether oxygens (including phenoxy) is 1. The summed E-state index contributed by atoms with van der Waals surface area (Å²) in [5.74, 6) is 0.110. The number of esters is 1. The van der Waals surface area contributed by atoms with Crippen LogP contribution in [0.25, 0.3) is 0 Å². The average molecular weight is 227 g/mol. The fraction of sp³-hybridized carbons (Fsp3) is 0.417. The molecule has 0 unspecified atom stereocenters. The van der Waals surface area contributed by atoms with E-state index in [2.05, 4.69) is 6.92 Å². The second-order valence-corrected chi connectivity index (χ2v) is 3.79. The van der Waals surface area contributed by atoms with Gasteiger partial charge in [-0.2, -0.15) is 0 Å². The zero-order valence-corrected chi connectivity index (χ0v) is 10.0. The van der Waals surface area contributed by atoms with Gasteiger partial charge in [0, 0.05) is 0 Å². The van der Waals surface area contributed by atoms with Crippen LogP contribution in [-0.2, 0) is 11.2 Å². The predicted molar refractivity (Wildman–Crippen MR) is 61.6 cm³/mol. The van der Waals surface area contributed by atoms with Crippen LogP contribution in [0, 0.1) is 13.8 Å². The highest BCUT2D eigenvalue weighted by Gasteiger charge is 2.09. The van der Waals surface area contributed by atoms with Gasteiger partial charge in [0.25, 0.3) is 0 Å². The summed E-state index contributed by atoms with van der Waals surface area (Å²) in [7, 11) is 0. The first-order valence-electron chi connectivity index (χ1n) is 4.95. The van der Waals surface area contributed by atoms with Crippen LogP contribution in [-0.4, -0.2) is 11.8 Å². The summed E-state index contributed by atoms with van der Waals surface area (Å²) in [6.07, 6.45) is 0.978. The van der Waals surface area contributed by atoms with E-state index >= 15 is 0 Å². The first-order chi connectivity index (χ1) is 7.08. The van der Waals surface area contributed by atoms with E-state index in [1.54, 1.807) is 0 Å². The van der Waals surface area contributed by atoms with E-state index in [9.17, 15) is 4.79 Å². The summed E-state index contributed by atoms with van der Waals surface area (Å²) in [4.78, 5) is 11.1. The van der Waals surface area contributed by atoms with Gasteiger partial charge in [-0.05, 0) is 37.0 Å². The second-order valence-electron chi connectivity index (χ2n) is 3.52. The molecular formula is C12H15ClO2. The molecular weight excluding hydrogens is 212 g/mol. The predicted octanol–water partition coefficient (Wildman–Crippen LogP) is 3.01. The molecule has 2 nitrogen and oxygen atoms in total. The molecule has 0 saturated heterocycles. The van der Waals surface area contributed by atoms with Gasteiger partial charge in [-0.1, -0.05) is 19.1 Å². The summed E-state index contributed by atoms with van der Waals surface area (Å²) in [5.41, 5.74) is 3.20. The van der Waals surface area contributed by atoms with E-state index in [-0.39, 0.29) is 5.88 Å². The molecule has 1 aromatic rings. The largest absolute Gasteiger partial charge is 0.425 e. The molecule has 0 aliphatic heterocycles. The zero-order valence-electron chi connectivity index (χ0n) is 9.26. The van der Waals surface area contributed by atoms with Gasteiger partial charge in [0.05, 0.1) is 0 Å². The number of benzene rings is 1. The molecule has 0 heterocycles. The molecule has 0 N–H and O–H groups in total. The summed E-state index contributed by atoms with van der Waals surface area (Å²) < 4.78 is 5.15. The number of carbonyl (C=O) groups excluding carboxylic acids is 1. The highest BCUT2D eigenvalue weighted by Crippen LogP contribution is 2.25. The first-order valence-corrected chi connectivity index (χ1v) is 5.48. The van der Waals surface area contributed by atoms with Crippen LogP contribution in [0.5, 0.6) is 5.75 Å². The smallest absolute Gasteiger partial charge is 0.326 e. The molecule has 0 amide bonds. The lowest BCUT2D eigenvalue weighted by Crippen LogP contribution is -2.11. The zero-order chi connectivity index (χ0) is 11.4. The van der Waals surface area contributed by atoms with Gasteiger partial charge in [0.15, 0.2) is 0 Å². The molecule has 0 aliphatic rings. The number of rotatable bonds is 3. The third kappa shape index (κ3) is 2.96. The van der Waals surface area contributed by atoms with Crippen molar-refractivity contribution in [2.45, 2.75) is 27.2 Å². The second kappa shape index (κ2) is 5.17. The summed E-state index contributed by atoms with van der Waals surface area (Å²) in [5, 5.41) is 0. The first kappa shape index (κ1) is 12.1. The van der Waals surface area contributed by atoms with Gasteiger partial charge >= 0.3 is 5.97 Å². The van der Waals surface area contributed by atoms with Crippen molar-refractivity contribution in [2.75, 3.05) is 5.88 Å². The number of halogens is 1. The van der Waals surface area contributed by atoms with Crippen molar-refractivity contribution in [1.82, 2.24) is 0 Å². The minimum Gasteiger partial charge on any atom is -0.425 e. The Balaban J connectivity index is 3.03. The van der Waals surface area contributed by atoms with Crippen LogP contribution in [0.1, 0.15) is 23.6 Å². The van der Waals surface area contributed by atoms with Crippen molar-refractivity contribution in [3.8, 4) is 5.75 Å². The maximum atomic E-state index is 11.1. The molecule has 0 atom stereocenters. The summed E-state index contributed by atoms with van der Waals surface area (Å²) in [6.45, 7) is 5.96. The molecule has 0 aliphatic carbocycles. The maximum absolute atomic E-state index is 11.1. The molecule has 15 heavy (non-hydrogen) atoms. The SMILES string of the molecule is CCc1cc(C)c(OC(=O)CCl)c(C)c1. The van der Waals surface area contributed by atoms with Crippen molar-refractivity contribution >= 4 is 17.6 Å². The number of aryl methyl sites for hydroxylation is 3. The Bertz CT molecular complexity index is 349. The van der Waals surface area contributed by atoms with Gasteiger partial charge in [0.2, 0.25) is 0 Å². The van der Waals surface area contributed by atoms with Crippen LogP contribution < -0.4 is 4.74 Å². The monoisotopic (exact) mass is 226 g/mol. The van der Waals surface area contributed by atoms with Crippen LogP contribution in [0.2, 0.25) is 0 Å². The Morgan fingerprint density at radius 2 is 1.87 bits per heavy atom. The topological polar surface area (TPSA) is 26.3 Å². The van der Waals surface area contributed by atoms with Crippen molar-refractivity contribution in [1.29, 1.82) is 0 Å². The normalized spacial score (nSPS) is 10.1. The van der Waals surface area contributed by atoms with Gasteiger partial charge < -0.3 is 4.74 Å². The van der Waals surface area contributed by atoms with Crippen LogP contribution >= 0.6 is 11.6 Å². The Morgan fingerprint density at radius 3 is 2.27 bits per heavy atom. The van der Waals surface area contributed by atoms with Gasteiger partial charge in [-0.15, -0.1) is 11.6 Å². The van der Waals surface area contributed by atoms with Gasteiger partial charge in [0.1, 0.15) is 11.6 Å². The third-order valence-electron chi connectivity index (χ3n) is 2.25. The molecule has 0 bridgehead atoms. The fourth-order valence-electron chi connectivity index (χ4n) is 1.55. The Hall–Kier alpha value is -1.02. The van der Waals surface area contributed by atoms with E-state index < -0.39 is 5.97 Å². The molecule has 1 aromatic carbocycles. The van der Waals surface area contributed by atoms with Crippen molar-refractivity contribution in [2.24, 2.45) is 0 Å². The molecule has 0 aromatic heterocycles. The van der Waals surface area contributed by atoms with E-state index in [0.29, 0.717) is 5.75 Å². The number of carbonyl (C=O) groups is 1. The highest BCUT2D eigenvalue weighted by molar-refractivity contribution is 6.26. The maximum Gasteiger partial charge on any atom is 0.326 e. The van der Waals surface area contributed by atoms with Crippen LogP contribution in [0.15, 0.2) is 12.1 Å². The van der Waals surface area contributed by atoms with Crippen LogP contribution in [0.3, 0.4) is 0 Å². The molecule has 82 valence electrons. The van der Waals surface area contributed by atoms with E-state index in [0.717, 1.165) is 17.5 Å². The lowest BCUT2D eigenvalue weighted by Gasteiger charge is -2.11. The third-order valence-corrected chi connectivity index (χ3v) is 2.47. The number of alkyl halides is 1. The lowest BCUT2D eigenvalue weighted by molar-refractivity contribution is -0.131. The Kier molecular flexibility index (Phi) is 4.15. The quantitative estimate of drug-likeness (QED) is 0.450. The summed E-state index contributed by atoms with van der Waals surface area (Å²) in [6, 6.07) is 4.06. The van der Waals surface area contributed by atoms with E-state index in [4.69, 9.17) is 16.3 Å². The standard InChI is InChI=1S/C12H15ClO2/c1-4-10-5-8(2)12(9(3)6-10)15-11(14)7-13/h5-6H,4,7H2,1-3H3. The molecule has 0 radical (unpaired) electrons. The average Bonchev–Trinajstić information content (AvgIpc) is 2.22. The molecule has 0 saturated carbocycles. The Morgan fingerprint density at radius 1 is 1.33 bits per heavy atom. The molecule has 0 spiro atoms. The fourth-order valence-corrected chi connectivity index (χ4v) is 1.60. The minimum absolute atomic E-state index is 0.117.